The first-order chi connectivity index (χ1) is 26.1. The minimum atomic E-state index is 0.342. The quantitative estimate of drug-likeness (QED) is 0.0675. The van der Waals surface area contributed by atoms with Gasteiger partial charge in [0.1, 0.15) is 11.5 Å². The molecule has 0 aliphatic carbocycles. The predicted octanol–water partition coefficient (Wildman–Crippen LogP) is 17.1. The van der Waals surface area contributed by atoms with Crippen molar-refractivity contribution in [2.75, 3.05) is 0 Å². The second-order valence-corrected chi connectivity index (χ2v) is 16.9. The third kappa shape index (κ3) is 26.5. The average molecular weight is 733 g/mol. The molecule has 0 heterocycles. The Morgan fingerprint density at radius 2 is 0.528 bits per heavy atom. The molecule has 0 aliphatic rings. The summed E-state index contributed by atoms with van der Waals surface area (Å²) in [6.45, 7) is 4.59. The number of hydrogen-bond donors (Lipinski definition) is 2. The van der Waals surface area contributed by atoms with Crippen LogP contribution in [-0.4, -0.2) is 10.2 Å². The Balaban J connectivity index is 1.50. The van der Waals surface area contributed by atoms with E-state index >= 15 is 0 Å². The topological polar surface area (TPSA) is 40.5 Å². The zero-order valence-electron chi connectivity index (χ0n) is 35.5. The highest BCUT2D eigenvalue weighted by atomic mass is 16.3. The van der Waals surface area contributed by atoms with Crippen LogP contribution in [0.2, 0.25) is 0 Å². The van der Waals surface area contributed by atoms with E-state index in [1.807, 2.05) is 12.1 Å². The van der Waals surface area contributed by atoms with Crippen LogP contribution in [0.3, 0.4) is 0 Å². The number of benzene rings is 2. The standard InChI is InChI=1S/C51H88O2/c1-3-5-7-9-11-13-15-17-19-21-23-25-27-29-31-33-35-37-46-39-41-50(52)48(43-46)45-49-44-47(40-42-51(49)53)38-36-34-32-30-28-26-24-22-20-18-16-14-12-10-8-6-4-2/h39-44,52-53H,3-38,45H2,1-2H3. The molecule has 304 valence electrons. The van der Waals surface area contributed by atoms with Gasteiger partial charge in [-0.2, -0.15) is 0 Å². The molecule has 0 fully saturated rings. The molecule has 2 rings (SSSR count). The van der Waals surface area contributed by atoms with E-state index in [-0.39, 0.29) is 0 Å². The Kier molecular flexibility index (Phi) is 30.7. The van der Waals surface area contributed by atoms with Gasteiger partial charge in [-0.3, -0.25) is 0 Å². The second kappa shape index (κ2) is 34.5. The van der Waals surface area contributed by atoms with Crippen molar-refractivity contribution in [3.63, 3.8) is 0 Å². The lowest BCUT2D eigenvalue weighted by molar-refractivity contribution is 0.462. The van der Waals surface area contributed by atoms with E-state index in [4.69, 9.17) is 0 Å². The molecule has 0 bridgehead atoms. The Labute approximate surface area is 330 Å². The second-order valence-electron chi connectivity index (χ2n) is 16.9. The molecule has 0 radical (unpaired) electrons. The molecule has 0 unspecified atom stereocenters. The molecule has 2 aromatic rings. The molecule has 53 heavy (non-hydrogen) atoms. The normalized spacial score (nSPS) is 11.5. The van der Waals surface area contributed by atoms with E-state index in [0.29, 0.717) is 17.9 Å². The lowest BCUT2D eigenvalue weighted by Gasteiger charge is -2.11. The highest BCUT2D eigenvalue weighted by Gasteiger charge is 2.10. The summed E-state index contributed by atoms with van der Waals surface area (Å²) < 4.78 is 0. The van der Waals surface area contributed by atoms with Crippen molar-refractivity contribution >= 4 is 0 Å². The van der Waals surface area contributed by atoms with Crippen molar-refractivity contribution in [1.82, 2.24) is 0 Å². The molecular weight excluding hydrogens is 645 g/mol. The Hall–Kier alpha value is -1.96. The van der Waals surface area contributed by atoms with Gasteiger partial charge < -0.3 is 10.2 Å². The minimum absolute atomic E-state index is 0.342. The van der Waals surface area contributed by atoms with E-state index in [2.05, 4.69) is 38.1 Å². The van der Waals surface area contributed by atoms with Crippen molar-refractivity contribution in [1.29, 1.82) is 0 Å². The number of phenolic OH excluding ortho intramolecular Hbond substituents is 2. The summed E-state index contributed by atoms with van der Waals surface area (Å²) >= 11 is 0. The Morgan fingerprint density at radius 3 is 0.774 bits per heavy atom. The van der Waals surface area contributed by atoms with Gasteiger partial charge in [-0.15, -0.1) is 0 Å². The molecule has 0 atom stereocenters. The highest BCUT2D eigenvalue weighted by molar-refractivity contribution is 5.44. The molecule has 0 amide bonds. The van der Waals surface area contributed by atoms with Crippen molar-refractivity contribution in [3.05, 3.63) is 58.7 Å². The maximum Gasteiger partial charge on any atom is 0.119 e. The summed E-state index contributed by atoms with van der Waals surface area (Å²) in [6, 6.07) is 12.2. The fourth-order valence-corrected chi connectivity index (χ4v) is 8.19. The van der Waals surface area contributed by atoms with E-state index in [1.54, 1.807) is 0 Å². The number of phenols is 2. The smallest absolute Gasteiger partial charge is 0.119 e. The molecule has 0 saturated carbocycles. The van der Waals surface area contributed by atoms with Crippen LogP contribution in [0, 0.1) is 0 Å². The number of unbranched alkanes of at least 4 members (excludes halogenated alkanes) is 32. The van der Waals surface area contributed by atoms with Gasteiger partial charge >= 0.3 is 0 Å². The summed E-state index contributed by atoms with van der Waals surface area (Å²) in [7, 11) is 0. The van der Waals surface area contributed by atoms with Crippen LogP contribution in [0.5, 0.6) is 11.5 Å². The maximum atomic E-state index is 10.7. The van der Waals surface area contributed by atoms with Gasteiger partial charge in [-0.25, -0.2) is 0 Å². The third-order valence-electron chi connectivity index (χ3n) is 11.8. The van der Waals surface area contributed by atoms with E-state index < -0.39 is 0 Å². The number of aryl methyl sites for hydroxylation is 2. The third-order valence-corrected chi connectivity index (χ3v) is 11.8. The fraction of sp³-hybridized carbons (Fsp3) is 0.765. The lowest BCUT2D eigenvalue weighted by atomic mass is 9.96. The van der Waals surface area contributed by atoms with Crippen molar-refractivity contribution in [2.45, 2.75) is 251 Å². The van der Waals surface area contributed by atoms with Crippen LogP contribution in [0.1, 0.15) is 254 Å². The number of aromatic hydroxyl groups is 2. The number of hydrogen-bond acceptors (Lipinski definition) is 2. The molecule has 2 N–H and O–H groups in total. The first-order valence-corrected chi connectivity index (χ1v) is 23.8. The first-order valence-electron chi connectivity index (χ1n) is 23.8. The Bertz CT molecular complexity index is 1000. The van der Waals surface area contributed by atoms with Gasteiger partial charge in [0, 0.05) is 6.42 Å². The zero-order chi connectivity index (χ0) is 37.9. The monoisotopic (exact) mass is 733 g/mol. The Morgan fingerprint density at radius 1 is 0.302 bits per heavy atom. The van der Waals surface area contributed by atoms with Crippen LogP contribution >= 0.6 is 0 Å². The summed E-state index contributed by atoms with van der Waals surface area (Å²) in [6.07, 6.45) is 50.2. The van der Waals surface area contributed by atoms with Gasteiger partial charge in [0.05, 0.1) is 0 Å². The van der Waals surface area contributed by atoms with E-state index in [9.17, 15) is 10.2 Å². The molecule has 0 saturated heterocycles. The fourth-order valence-electron chi connectivity index (χ4n) is 8.19. The van der Waals surface area contributed by atoms with Gasteiger partial charge in [0.2, 0.25) is 0 Å². The molecule has 2 nitrogen and oxygen atoms in total. The summed E-state index contributed by atoms with van der Waals surface area (Å²) in [5.74, 6) is 0.684. The van der Waals surface area contributed by atoms with Gasteiger partial charge in [0.25, 0.3) is 0 Å². The highest BCUT2D eigenvalue weighted by Crippen LogP contribution is 2.28. The maximum absolute atomic E-state index is 10.7. The molecular formula is C51H88O2. The number of rotatable bonds is 38. The van der Waals surface area contributed by atoms with Crippen LogP contribution in [-0.2, 0) is 19.3 Å². The van der Waals surface area contributed by atoms with Gasteiger partial charge in [0.15, 0.2) is 0 Å². The van der Waals surface area contributed by atoms with Crippen molar-refractivity contribution in [2.24, 2.45) is 0 Å². The average Bonchev–Trinajstić information content (AvgIpc) is 3.16. The van der Waals surface area contributed by atoms with Crippen LogP contribution in [0.25, 0.3) is 0 Å². The van der Waals surface area contributed by atoms with Crippen LogP contribution in [0.15, 0.2) is 36.4 Å². The summed E-state index contributed by atoms with van der Waals surface area (Å²) in [4.78, 5) is 0. The largest absolute Gasteiger partial charge is 0.508 e. The van der Waals surface area contributed by atoms with Gasteiger partial charge in [-0.05, 0) is 60.1 Å². The SMILES string of the molecule is CCCCCCCCCCCCCCCCCCCc1ccc(O)c(Cc2cc(CCCCCCCCCCCCCCCCCCC)ccc2O)c1. The molecule has 2 heteroatoms. The summed E-state index contributed by atoms with van der Waals surface area (Å²) in [5.41, 5.74) is 4.47. The lowest BCUT2D eigenvalue weighted by Crippen LogP contribution is -1.95. The predicted molar refractivity (Wildman–Crippen MR) is 235 cm³/mol. The molecule has 0 aliphatic heterocycles. The zero-order valence-corrected chi connectivity index (χ0v) is 35.5. The summed E-state index contributed by atoms with van der Waals surface area (Å²) in [5, 5.41) is 21.3. The van der Waals surface area contributed by atoms with Crippen molar-refractivity contribution < 1.29 is 10.2 Å². The molecule has 2 aromatic carbocycles. The van der Waals surface area contributed by atoms with Crippen LogP contribution in [0.4, 0.5) is 0 Å². The first kappa shape index (κ1) is 47.2. The molecule has 0 aromatic heterocycles. The molecule has 0 spiro atoms. The van der Waals surface area contributed by atoms with Gasteiger partial charge in [-0.1, -0.05) is 244 Å². The van der Waals surface area contributed by atoms with Crippen LogP contribution < -0.4 is 0 Å². The van der Waals surface area contributed by atoms with Crippen molar-refractivity contribution in [3.8, 4) is 11.5 Å². The van der Waals surface area contributed by atoms with E-state index in [0.717, 1.165) is 24.0 Å². The minimum Gasteiger partial charge on any atom is -0.508 e. The van der Waals surface area contributed by atoms with E-state index in [1.165, 1.54) is 229 Å².